The molecule has 0 fully saturated rings. The first-order valence-electron chi connectivity index (χ1n) is 8.64. The number of nitrogens with zero attached hydrogens (tertiary/aromatic N) is 2. The summed E-state index contributed by atoms with van der Waals surface area (Å²) in [5.41, 5.74) is 0. The van der Waals surface area contributed by atoms with Gasteiger partial charge in [0.05, 0.1) is 36.7 Å². The first kappa shape index (κ1) is 50.5. The molecule has 0 aliphatic carbocycles. The Bertz CT molecular complexity index is 729. The largest absolute Gasteiger partial charge is 1.00 e. The van der Waals surface area contributed by atoms with Crippen molar-refractivity contribution >= 4 is 47.8 Å². The van der Waals surface area contributed by atoms with Gasteiger partial charge in [0.25, 0.3) is 0 Å². The second kappa shape index (κ2) is 26.9. The van der Waals surface area contributed by atoms with Gasteiger partial charge in [-0.05, 0) is 0 Å². The van der Waals surface area contributed by atoms with Crippen molar-refractivity contribution in [3.63, 3.8) is 0 Å². The van der Waals surface area contributed by atoms with Gasteiger partial charge >= 0.3 is 142 Å². The molecular formula is C16H18N2Na4O16. The second-order valence-corrected chi connectivity index (χ2v) is 6.20. The zero-order valence-electron chi connectivity index (χ0n) is 21.0. The molecular weight excluding hydrogens is 568 g/mol. The standard InChI is InChI=1S/2C8H11NO8.4Na/c2*10-5(11)1-4(8(16)17)9(2-6(12)13)3-7(14)15;;;;/h2*4H,1-3H2,(H,10,11)(H,12,13)(H,14,15)(H,16,17);;;;/q;;4*+1/p-4/t2*4-;;;;/m00..../s1. The summed E-state index contributed by atoms with van der Waals surface area (Å²) in [6.07, 6.45) is -1.87. The summed E-state index contributed by atoms with van der Waals surface area (Å²) in [6.45, 7) is -4.06. The molecule has 0 aromatic rings. The average Bonchev–Trinajstić information content (AvgIpc) is 2.61. The number of carbonyl (C=O) groups is 8. The predicted molar refractivity (Wildman–Crippen MR) is 90.5 cm³/mol. The van der Waals surface area contributed by atoms with Crippen LogP contribution in [0.3, 0.4) is 0 Å². The van der Waals surface area contributed by atoms with Crippen LogP contribution in [-0.2, 0) is 38.4 Å². The van der Waals surface area contributed by atoms with E-state index in [-0.39, 0.29) is 118 Å². The van der Waals surface area contributed by atoms with E-state index in [1.54, 1.807) is 0 Å². The van der Waals surface area contributed by atoms with E-state index in [1.165, 1.54) is 0 Å². The molecule has 0 amide bonds. The van der Waals surface area contributed by atoms with Gasteiger partial charge in [-0.2, -0.15) is 0 Å². The number of carbonyl (C=O) groups excluding carboxylic acids is 4. The van der Waals surface area contributed by atoms with Crippen LogP contribution in [0.2, 0.25) is 0 Å². The zero-order chi connectivity index (χ0) is 27.2. The molecule has 0 rings (SSSR count). The van der Waals surface area contributed by atoms with Gasteiger partial charge in [-0.25, -0.2) is 0 Å². The van der Waals surface area contributed by atoms with E-state index in [9.17, 15) is 58.8 Å². The van der Waals surface area contributed by atoms with Crippen molar-refractivity contribution in [2.45, 2.75) is 24.9 Å². The van der Waals surface area contributed by atoms with Gasteiger partial charge in [0, 0.05) is 26.2 Å². The van der Waals surface area contributed by atoms with Crippen molar-refractivity contribution in [3.05, 3.63) is 0 Å². The first-order valence-corrected chi connectivity index (χ1v) is 8.64. The Labute approximate surface area is 302 Å². The van der Waals surface area contributed by atoms with Crippen molar-refractivity contribution in [1.29, 1.82) is 0 Å². The molecule has 0 aliphatic rings. The summed E-state index contributed by atoms with van der Waals surface area (Å²) in [7, 11) is 0. The van der Waals surface area contributed by atoms with E-state index in [0.717, 1.165) is 0 Å². The van der Waals surface area contributed by atoms with Crippen molar-refractivity contribution in [2.75, 3.05) is 26.2 Å². The summed E-state index contributed by atoms with van der Waals surface area (Å²) < 4.78 is 0. The molecule has 0 saturated heterocycles. The molecule has 0 aromatic carbocycles. The number of rotatable bonds is 16. The number of carboxylic acid groups (broad SMARTS) is 8. The molecule has 0 unspecified atom stereocenters. The fourth-order valence-electron chi connectivity index (χ4n) is 2.29. The van der Waals surface area contributed by atoms with Crippen LogP contribution < -0.4 is 139 Å². The Kier molecular flexibility index (Phi) is 35.7. The maximum Gasteiger partial charge on any atom is 1.00 e. The maximum atomic E-state index is 10.7. The molecule has 0 radical (unpaired) electrons. The van der Waals surface area contributed by atoms with Gasteiger partial charge in [-0.3, -0.25) is 29.0 Å². The molecule has 192 valence electrons. The molecule has 2 atom stereocenters. The van der Waals surface area contributed by atoms with Crippen molar-refractivity contribution in [1.82, 2.24) is 9.80 Å². The fraction of sp³-hybridized carbons (Fsp3) is 0.500. The molecule has 0 saturated carbocycles. The smallest absolute Gasteiger partial charge is 0.549 e. The third-order valence-electron chi connectivity index (χ3n) is 3.52. The summed E-state index contributed by atoms with van der Waals surface area (Å²) in [5, 5.41) is 75.4. The monoisotopic (exact) mass is 586 g/mol. The van der Waals surface area contributed by atoms with Gasteiger partial charge in [-0.15, -0.1) is 0 Å². The van der Waals surface area contributed by atoms with Gasteiger partial charge in [-0.1, -0.05) is 0 Å². The van der Waals surface area contributed by atoms with Crippen molar-refractivity contribution in [3.8, 4) is 0 Å². The summed E-state index contributed by atoms with van der Waals surface area (Å²) in [6, 6.07) is -3.55. The van der Waals surface area contributed by atoms with Crippen LogP contribution in [0.25, 0.3) is 0 Å². The zero-order valence-corrected chi connectivity index (χ0v) is 29.0. The van der Waals surface area contributed by atoms with E-state index >= 15 is 0 Å². The summed E-state index contributed by atoms with van der Waals surface area (Å²) >= 11 is 0. The van der Waals surface area contributed by atoms with E-state index in [0.29, 0.717) is 9.80 Å². The first-order chi connectivity index (χ1) is 15.5. The van der Waals surface area contributed by atoms with E-state index in [4.69, 9.17) is 20.4 Å². The molecule has 22 heteroatoms. The normalized spacial score (nSPS) is 10.8. The van der Waals surface area contributed by atoms with E-state index < -0.39 is 98.9 Å². The molecule has 4 N–H and O–H groups in total. The molecule has 0 aliphatic heterocycles. The molecule has 0 heterocycles. The molecule has 0 bridgehead atoms. The maximum absolute atomic E-state index is 10.7. The minimum Gasteiger partial charge on any atom is -0.549 e. The van der Waals surface area contributed by atoms with Crippen LogP contribution in [0.15, 0.2) is 0 Å². The van der Waals surface area contributed by atoms with Crippen LogP contribution in [0, 0.1) is 0 Å². The van der Waals surface area contributed by atoms with Gasteiger partial charge < -0.3 is 60.0 Å². The van der Waals surface area contributed by atoms with Gasteiger partial charge in [0.1, 0.15) is 12.1 Å². The number of hydrogen-bond donors (Lipinski definition) is 4. The van der Waals surface area contributed by atoms with Crippen LogP contribution >= 0.6 is 0 Å². The Balaban J connectivity index is -0.000000122. The molecule has 18 nitrogen and oxygen atoms in total. The van der Waals surface area contributed by atoms with Crippen LogP contribution in [0.1, 0.15) is 12.8 Å². The topological polar surface area (TPSA) is 316 Å². The number of carboxylic acids is 8. The van der Waals surface area contributed by atoms with Crippen LogP contribution in [0.4, 0.5) is 0 Å². The van der Waals surface area contributed by atoms with E-state index in [1.807, 2.05) is 0 Å². The number of hydrogen-bond acceptors (Lipinski definition) is 14. The SMILES string of the molecule is O=C([O-])CN(CC(=O)[O-])[C@@H](CC(=O)O)C(=O)O.O=C([O-])CN(CC(=O)[O-])[C@@H](CC(=O)O)C(=O)O.[Na+].[Na+].[Na+].[Na+]. The minimum atomic E-state index is -1.77. The minimum absolute atomic E-state index is 0. The van der Waals surface area contributed by atoms with Gasteiger partial charge in [0.15, 0.2) is 0 Å². The Hall–Kier alpha value is -0.320. The second-order valence-electron chi connectivity index (χ2n) is 6.20. The predicted octanol–water partition coefficient (Wildman–Crippen LogP) is -20.6. The number of aliphatic carboxylic acids is 8. The average molecular weight is 586 g/mol. The third kappa shape index (κ3) is 27.3. The Morgan fingerprint density at radius 3 is 0.763 bits per heavy atom. The Morgan fingerprint density at radius 2 is 0.658 bits per heavy atom. The van der Waals surface area contributed by atoms with Crippen LogP contribution in [0.5, 0.6) is 0 Å². The molecule has 38 heavy (non-hydrogen) atoms. The van der Waals surface area contributed by atoms with Crippen molar-refractivity contribution in [2.24, 2.45) is 0 Å². The fourth-order valence-corrected chi connectivity index (χ4v) is 2.29. The summed E-state index contributed by atoms with van der Waals surface area (Å²) in [5.74, 6) is -13.2. The van der Waals surface area contributed by atoms with E-state index in [2.05, 4.69) is 0 Å². The Morgan fingerprint density at radius 1 is 0.474 bits per heavy atom. The van der Waals surface area contributed by atoms with Crippen LogP contribution in [-0.4, -0.2) is 116 Å². The summed E-state index contributed by atoms with van der Waals surface area (Å²) in [4.78, 5) is 84.2. The van der Waals surface area contributed by atoms with Gasteiger partial charge in [0.2, 0.25) is 0 Å². The quantitative estimate of drug-likeness (QED) is 0.122. The third-order valence-corrected chi connectivity index (χ3v) is 3.52. The van der Waals surface area contributed by atoms with Crippen molar-refractivity contribution < 1.29 is 197 Å². The molecule has 0 spiro atoms. The molecule has 0 aromatic heterocycles.